The molecule has 1 aliphatic heterocycles. The van der Waals surface area contributed by atoms with E-state index >= 15 is 0 Å². The SMILES string of the molecule is CCOC(=O)C1=C(C)N=c2sc(=Cc3cn(CC)nc3C)c(=O)n2[C@@H]1c1ccc(N(C)C)cc1. The lowest BCUT2D eigenvalue weighted by atomic mass is 9.95. The van der Waals surface area contributed by atoms with E-state index in [0.717, 1.165) is 29.1 Å². The topological polar surface area (TPSA) is 81.7 Å². The summed E-state index contributed by atoms with van der Waals surface area (Å²) in [6.45, 7) is 8.50. The highest BCUT2D eigenvalue weighted by molar-refractivity contribution is 7.07. The number of aromatic nitrogens is 3. The molecule has 2 aromatic heterocycles. The number of nitrogens with zero attached hydrogens (tertiary/aromatic N) is 5. The van der Waals surface area contributed by atoms with E-state index < -0.39 is 12.0 Å². The molecule has 0 unspecified atom stereocenters. The van der Waals surface area contributed by atoms with Crippen LogP contribution in [-0.4, -0.2) is 41.0 Å². The molecule has 0 spiro atoms. The van der Waals surface area contributed by atoms with Crippen LogP contribution >= 0.6 is 11.3 Å². The van der Waals surface area contributed by atoms with E-state index in [1.165, 1.54) is 11.3 Å². The van der Waals surface area contributed by atoms with Gasteiger partial charge in [0.25, 0.3) is 5.56 Å². The molecule has 8 nitrogen and oxygen atoms in total. The van der Waals surface area contributed by atoms with Crippen LogP contribution < -0.4 is 19.8 Å². The highest BCUT2D eigenvalue weighted by Gasteiger charge is 2.33. The van der Waals surface area contributed by atoms with Crippen LogP contribution in [0.1, 0.15) is 43.6 Å². The molecule has 0 N–H and O–H groups in total. The summed E-state index contributed by atoms with van der Waals surface area (Å²) in [6, 6.07) is 7.24. The summed E-state index contributed by atoms with van der Waals surface area (Å²) in [6.07, 6.45) is 3.79. The van der Waals surface area contributed by atoms with Crippen molar-refractivity contribution >= 4 is 29.1 Å². The number of fused-ring (bicyclic) bond motifs is 1. The van der Waals surface area contributed by atoms with Gasteiger partial charge in [-0.25, -0.2) is 9.79 Å². The fraction of sp³-hybridized carbons (Fsp3) is 0.360. The van der Waals surface area contributed by atoms with E-state index in [4.69, 9.17) is 4.74 Å². The summed E-state index contributed by atoms with van der Waals surface area (Å²) in [5, 5.41) is 4.47. The number of thiazole rings is 1. The number of carbonyl (C=O) groups excluding carboxylic acids is 1. The molecule has 3 heterocycles. The summed E-state index contributed by atoms with van der Waals surface area (Å²) >= 11 is 1.32. The van der Waals surface area contributed by atoms with Crippen molar-refractivity contribution in [1.82, 2.24) is 14.3 Å². The third-order valence-corrected chi connectivity index (χ3v) is 6.82. The normalized spacial score (nSPS) is 15.8. The van der Waals surface area contributed by atoms with E-state index in [0.29, 0.717) is 20.6 Å². The van der Waals surface area contributed by atoms with Gasteiger partial charge in [-0.15, -0.1) is 0 Å². The minimum absolute atomic E-state index is 0.191. The first-order valence-corrected chi connectivity index (χ1v) is 12.1. The molecule has 0 saturated carbocycles. The van der Waals surface area contributed by atoms with Crippen molar-refractivity contribution in [3.8, 4) is 0 Å². The molecule has 4 rings (SSSR count). The lowest BCUT2D eigenvalue weighted by Gasteiger charge is -2.25. The van der Waals surface area contributed by atoms with Crippen LogP contribution in [0, 0.1) is 6.92 Å². The molecule has 0 saturated heterocycles. The molecule has 9 heteroatoms. The van der Waals surface area contributed by atoms with Crippen LogP contribution in [-0.2, 0) is 16.1 Å². The molecule has 0 bridgehead atoms. The molecule has 3 aromatic rings. The van der Waals surface area contributed by atoms with Crippen molar-refractivity contribution < 1.29 is 9.53 Å². The van der Waals surface area contributed by atoms with Crippen LogP contribution in [0.4, 0.5) is 5.69 Å². The van der Waals surface area contributed by atoms with Gasteiger partial charge in [0.2, 0.25) is 0 Å². The molecule has 1 atom stereocenters. The van der Waals surface area contributed by atoms with Crippen molar-refractivity contribution in [3.05, 3.63) is 78.2 Å². The molecular formula is C25H29N5O3S. The van der Waals surface area contributed by atoms with Crippen LogP contribution in [0.5, 0.6) is 0 Å². The second-order valence-electron chi connectivity index (χ2n) is 8.31. The number of benzene rings is 1. The first-order chi connectivity index (χ1) is 16.2. The van der Waals surface area contributed by atoms with Gasteiger partial charge in [-0.3, -0.25) is 14.0 Å². The van der Waals surface area contributed by atoms with Gasteiger partial charge in [0.05, 0.1) is 34.1 Å². The molecular weight excluding hydrogens is 450 g/mol. The quantitative estimate of drug-likeness (QED) is 0.507. The van der Waals surface area contributed by atoms with E-state index in [9.17, 15) is 9.59 Å². The zero-order valence-corrected chi connectivity index (χ0v) is 21.1. The monoisotopic (exact) mass is 479 g/mol. The molecule has 34 heavy (non-hydrogen) atoms. The van der Waals surface area contributed by atoms with Gasteiger partial charge in [0.1, 0.15) is 0 Å². The van der Waals surface area contributed by atoms with Gasteiger partial charge in [-0.1, -0.05) is 23.5 Å². The lowest BCUT2D eigenvalue weighted by molar-refractivity contribution is -0.139. The fourth-order valence-corrected chi connectivity index (χ4v) is 5.08. The zero-order valence-electron chi connectivity index (χ0n) is 20.3. The van der Waals surface area contributed by atoms with Crippen LogP contribution in [0.25, 0.3) is 6.08 Å². The number of ether oxygens (including phenoxy) is 1. The smallest absolute Gasteiger partial charge is 0.338 e. The zero-order chi connectivity index (χ0) is 24.6. The average molecular weight is 480 g/mol. The maximum Gasteiger partial charge on any atom is 0.338 e. The second kappa shape index (κ2) is 9.42. The molecule has 1 aliphatic rings. The van der Waals surface area contributed by atoms with Crippen LogP contribution in [0.3, 0.4) is 0 Å². The Morgan fingerprint density at radius 1 is 1.21 bits per heavy atom. The van der Waals surface area contributed by atoms with Gasteiger partial charge < -0.3 is 9.64 Å². The number of hydrogen-bond donors (Lipinski definition) is 0. The Hall–Kier alpha value is -3.46. The number of allylic oxidation sites excluding steroid dienone is 1. The average Bonchev–Trinajstić information content (AvgIpc) is 3.32. The minimum Gasteiger partial charge on any atom is -0.463 e. The Morgan fingerprint density at radius 3 is 2.50 bits per heavy atom. The summed E-state index contributed by atoms with van der Waals surface area (Å²) in [5.41, 5.74) is 4.34. The largest absolute Gasteiger partial charge is 0.463 e. The van der Waals surface area contributed by atoms with Gasteiger partial charge >= 0.3 is 5.97 Å². The minimum atomic E-state index is -0.617. The summed E-state index contributed by atoms with van der Waals surface area (Å²) in [7, 11) is 3.93. The highest BCUT2D eigenvalue weighted by atomic mass is 32.1. The highest BCUT2D eigenvalue weighted by Crippen LogP contribution is 2.31. The van der Waals surface area contributed by atoms with Crippen molar-refractivity contribution in [3.63, 3.8) is 0 Å². The van der Waals surface area contributed by atoms with Crippen LogP contribution in [0.2, 0.25) is 0 Å². The standard InChI is InChI=1S/C25H29N5O3S/c1-7-29-14-18(15(3)27-29)13-20-23(31)30-22(17-9-11-19(12-10-17)28(5)6)21(24(32)33-8-2)16(4)26-25(30)34-20/h9-14,22H,7-8H2,1-6H3/t22-/m1/s1. The van der Waals surface area contributed by atoms with E-state index in [1.807, 2.05) is 74.1 Å². The predicted molar refractivity (Wildman–Crippen MR) is 134 cm³/mol. The van der Waals surface area contributed by atoms with Crippen molar-refractivity contribution in [2.24, 2.45) is 4.99 Å². The van der Waals surface area contributed by atoms with Gasteiger partial charge in [0, 0.05) is 38.1 Å². The van der Waals surface area contributed by atoms with Gasteiger partial charge in [0.15, 0.2) is 4.80 Å². The number of rotatable bonds is 6. The Labute approximate surface area is 202 Å². The Bertz CT molecular complexity index is 1440. The van der Waals surface area contributed by atoms with Crippen molar-refractivity contribution in [2.45, 2.75) is 40.3 Å². The van der Waals surface area contributed by atoms with Crippen LogP contribution in [0.15, 0.2) is 51.5 Å². The number of carbonyl (C=O) groups is 1. The third kappa shape index (κ3) is 4.23. The molecule has 0 aliphatic carbocycles. The molecule has 0 amide bonds. The lowest BCUT2D eigenvalue weighted by Crippen LogP contribution is -2.40. The Morgan fingerprint density at radius 2 is 1.91 bits per heavy atom. The number of hydrogen-bond acceptors (Lipinski definition) is 7. The summed E-state index contributed by atoms with van der Waals surface area (Å²) in [5.74, 6) is -0.459. The predicted octanol–water partition coefficient (Wildman–Crippen LogP) is 2.39. The maximum absolute atomic E-state index is 13.7. The first-order valence-electron chi connectivity index (χ1n) is 11.3. The van der Waals surface area contributed by atoms with E-state index in [1.54, 1.807) is 18.4 Å². The van der Waals surface area contributed by atoms with E-state index in [2.05, 4.69) is 10.1 Å². The third-order valence-electron chi connectivity index (χ3n) is 5.84. The maximum atomic E-state index is 13.7. The van der Waals surface area contributed by atoms with Gasteiger partial charge in [-0.05, 0) is 51.5 Å². The van der Waals surface area contributed by atoms with Crippen molar-refractivity contribution in [1.29, 1.82) is 0 Å². The van der Waals surface area contributed by atoms with Crippen molar-refractivity contribution in [2.75, 3.05) is 25.6 Å². The summed E-state index contributed by atoms with van der Waals surface area (Å²) in [4.78, 5) is 33.8. The van der Waals surface area contributed by atoms with Gasteiger partial charge in [-0.2, -0.15) is 5.10 Å². The number of anilines is 1. The van der Waals surface area contributed by atoms with E-state index in [-0.39, 0.29) is 12.2 Å². The second-order valence-corrected chi connectivity index (χ2v) is 9.32. The number of aryl methyl sites for hydroxylation is 2. The Kier molecular flexibility index (Phi) is 6.56. The molecule has 0 fully saturated rings. The Balaban J connectivity index is 1.93. The number of esters is 1. The first kappa shape index (κ1) is 23.7. The molecule has 0 radical (unpaired) electrons. The summed E-state index contributed by atoms with van der Waals surface area (Å²) < 4.78 is 9.36. The molecule has 178 valence electrons. The fourth-order valence-electron chi connectivity index (χ4n) is 4.04. The molecule has 1 aromatic carbocycles.